The van der Waals surface area contributed by atoms with Crippen LogP contribution in [-0.4, -0.2) is 37.4 Å². The average molecular weight is 236 g/mol. The van der Waals surface area contributed by atoms with Crippen molar-refractivity contribution in [2.45, 2.75) is 10.5 Å². The van der Waals surface area contributed by atoms with Gasteiger partial charge in [0.25, 0.3) is 5.91 Å². The largest absolute Gasteiger partial charge is 0.347 e. The lowest BCUT2D eigenvalue weighted by atomic mass is 10.2. The number of rotatable bonds is 2. The van der Waals surface area contributed by atoms with Crippen molar-refractivity contribution in [2.75, 3.05) is 14.1 Å². The topological polar surface area (TPSA) is 80.5 Å². The molecule has 5 nitrogen and oxygen atoms in total. The first kappa shape index (κ1) is 11.5. The predicted octanol–water partition coefficient (Wildman–Crippen LogP) is -0.290. The third-order valence-corrected chi connectivity index (χ3v) is 5.23. The van der Waals surface area contributed by atoms with Gasteiger partial charge in [0.15, 0.2) is 0 Å². The average Bonchev–Trinajstić information content (AvgIpc) is 2.50. The molecule has 2 N–H and O–H groups in total. The van der Waals surface area contributed by atoms with Crippen LogP contribution in [0.5, 0.6) is 0 Å². The van der Waals surface area contributed by atoms with Crippen LogP contribution >= 0.6 is 11.8 Å². The molecule has 0 saturated heterocycles. The molecule has 0 aromatic carbocycles. The van der Waals surface area contributed by atoms with E-state index in [1.165, 1.54) is 19.0 Å². The van der Waals surface area contributed by atoms with Gasteiger partial charge in [0, 0.05) is 20.5 Å². The van der Waals surface area contributed by atoms with E-state index in [0.717, 1.165) is 11.8 Å². The highest BCUT2D eigenvalue weighted by Gasteiger charge is 2.51. The number of amides is 1. The van der Waals surface area contributed by atoms with Crippen molar-refractivity contribution in [3.8, 4) is 0 Å². The molecule has 0 spiro atoms. The number of carbonyl (C=O) groups is 1. The Kier molecular flexibility index (Phi) is 2.93. The van der Waals surface area contributed by atoms with E-state index in [1.54, 1.807) is 11.5 Å². The summed E-state index contributed by atoms with van der Waals surface area (Å²) in [5.41, 5.74) is 0. The Hall–Kier alpha value is -0.530. The lowest BCUT2D eigenvalue weighted by Gasteiger charge is -2.27. The molecule has 0 fully saturated rings. The number of hydrogen-bond acceptors (Lipinski definition) is 4. The summed E-state index contributed by atoms with van der Waals surface area (Å²) in [5.74, 6) is -0.491. The van der Waals surface area contributed by atoms with Gasteiger partial charge < -0.3 is 4.90 Å². The number of nitrogens with zero attached hydrogens (tertiary/aromatic N) is 1. The summed E-state index contributed by atoms with van der Waals surface area (Å²) < 4.78 is 21.2. The Balaban J connectivity index is 3.14. The van der Waals surface area contributed by atoms with Gasteiger partial charge in [0.1, 0.15) is 0 Å². The highest BCUT2D eigenvalue weighted by atomic mass is 32.3. The van der Waals surface area contributed by atoms with Gasteiger partial charge in [-0.25, -0.2) is 13.6 Å². The summed E-state index contributed by atoms with van der Waals surface area (Å²) in [7, 11) is -0.883. The van der Waals surface area contributed by atoms with Crippen LogP contribution in [0.15, 0.2) is 11.5 Å². The smallest absolute Gasteiger partial charge is 0.255 e. The highest BCUT2D eigenvalue weighted by molar-refractivity contribution is 8.17. The van der Waals surface area contributed by atoms with Gasteiger partial charge in [-0.1, -0.05) is 17.8 Å². The number of carbonyl (C=O) groups excluding carboxylic acids is 1. The van der Waals surface area contributed by atoms with E-state index in [0.29, 0.717) is 0 Å². The van der Waals surface area contributed by atoms with Gasteiger partial charge in [-0.3, -0.25) is 4.79 Å². The van der Waals surface area contributed by atoms with Crippen LogP contribution in [0.4, 0.5) is 0 Å². The summed E-state index contributed by atoms with van der Waals surface area (Å²) in [6, 6.07) is 0. The van der Waals surface area contributed by atoms with Crippen LogP contribution in [0, 0.1) is 0 Å². The minimum absolute atomic E-state index is 0.132. The van der Waals surface area contributed by atoms with E-state index in [-0.39, 0.29) is 6.42 Å². The molecular formula is C7H12N2O3S2. The van der Waals surface area contributed by atoms with Gasteiger partial charge in [-0.2, -0.15) is 0 Å². The molecule has 0 saturated carbocycles. The molecule has 1 unspecified atom stereocenters. The van der Waals surface area contributed by atoms with Crippen molar-refractivity contribution in [1.82, 2.24) is 4.90 Å². The van der Waals surface area contributed by atoms with E-state index in [2.05, 4.69) is 0 Å². The molecule has 80 valence electrons. The first-order chi connectivity index (χ1) is 6.31. The maximum absolute atomic E-state index is 11.7. The van der Waals surface area contributed by atoms with Gasteiger partial charge in [0.2, 0.25) is 14.1 Å². The fourth-order valence-corrected chi connectivity index (χ4v) is 3.54. The molecule has 1 atom stereocenters. The van der Waals surface area contributed by atoms with Crippen LogP contribution < -0.4 is 5.14 Å². The van der Waals surface area contributed by atoms with Crippen molar-refractivity contribution >= 4 is 27.7 Å². The summed E-state index contributed by atoms with van der Waals surface area (Å²) in [6.07, 6.45) is 1.77. The summed E-state index contributed by atoms with van der Waals surface area (Å²) in [6.45, 7) is 0. The molecule has 0 radical (unpaired) electrons. The SMILES string of the molecule is CN(C)C(=O)C1(S(N)(=O)=O)CC=CS1. The summed E-state index contributed by atoms with van der Waals surface area (Å²) >= 11 is 0.948. The fraction of sp³-hybridized carbons (Fsp3) is 0.571. The first-order valence-electron chi connectivity index (χ1n) is 3.88. The summed E-state index contributed by atoms with van der Waals surface area (Å²) in [4.78, 5) is 13.0. The molecule has 7 heteroatoms. The Bertz CT molecular complexity index is 364. The van der Waals surface area contributed by atoms with Crippen LogP contribution in [0.25, 0.3) is 0 Å². The molecular weight excluding hydrogens is 224 g/mol. The quantitative estimate of drug-likeness (QED) is 0.714. The van der Waals surface area contributed by atoms with Gasteiger partial charge in [-0.15, -0.1) is 0 Å². The van der Waals surface area contributed by atoms with E-state index >= 15 is 0 Å². The predicted molar refractivity (Wildman–Crippen MR) is 55.9 cm³/mol. The second-order valence-electron chi connectivity index (χ2n) is 3.19. The van der Waals surface area contributed by atoms with Crippen molar-refractivity contribution in [1.29, 1.82) is 0 Å². The minimum Gasteiger partial charge on any atom is -0.347 e. The normalized spacial score (nSPS) is 26.5. The van der Waals surface area contributed by atoms with E-state index in [1.807, 2.05) is 0 Å². The molecule has 0 aromatic rings. The van der Waals surface area contributed by atoms with Crippen molar-refractivity contribution in [2.24, 2.45) is 5.14 Å². The molecule has 1 amide bonds. The molecule has 14 heavy (non-hydrogen) atoms. The van der Waals surface area contributed by atoms with Crippen molar-refractivity contribution < 1.29 is 13.2 Å². The second-order valence-corrected chi connectivity index (χ2v) is 6.44. The van der Waals surface area contributed by atoms with Crippen LogP contribution in [0.2, 0.25) is 0 Å². The molecule has 1 heterocycles. The highest BCUT2D eigenvalue weighted by Crippen LogP contribution is 2.40. The third-order valence-electron chi connectivity index (χ3n) is 1.93. The van der Waals surface area contributed by atoms with E-state index < -0.39 is 20.0 Å². The molecule has 0 aliphatic carbocycles. The van der Waals surface area contributed by atoms with Crippen LogP contribution in [0.1, 0.15) is 6.42 Å². The monoisotopic (exact) mass is 236 g/mol. The van der Waals surface area contributed by atoms with Crippen LogP contribution in [-0.2, 0) is 14.8 Å². The lowest BCUT2D eigenvalue weighted by Crippen LogP contribution is -2.50. The lowest BCUT2D eigenvalue weighted by molar-refractivity contribution is -0.129. The molecule has 1 aliphatic heterocycles. The standard InChI is InChI=1S/C7H12N2O3S2/c1-9(2)6(10)7(14(8,11)12)4-3-5-13-7/h3,5H,4H2,1-2H3,(H2,8,11,12). The maximum Gasteiger partial charge on any atom is 0.255 e. The zero-order chi connectivity index (χ0) is 11.0. The molecule has 1 aliphatic rings. The second kappa shape index (κ2) is 3.56. The number of sulfonamides is 1. The number of thioether (sulfide) groups is 1. The zero-order valence-corrected chi connectivity index (χ0v) is 9.56. The van der Waals surface area contributed by atoms with Gasteiger partial charge in [-0.05, 0) is 5.41 Å². The molecule has 1 rings (SSSR count). The molecule has 0 aromatic heterocycles. The van der Waals surface area contributed by atoms with Gasteiger partial charge >= 0.3 is 0 Å². The van der Waals surface area contributed by atoms with E-state index in [4.69, 9.17) is 5.14 Å². The zero-order valence-electron chi connectivity index (χ0n) is 7.93. The van der Waals surface area contributed by atoms with Crippen molar-refractivity contribution in [3.05, 3.63) is 11.5 Å². The Morgan fingerprint density at radius 1 is 1.57 bits per heavy atom. The maximum atomic E-state index is 11.7. The number of primary sulfonamides is 1. The Morgan fingerprint density at radius 3 is 2.43 bits per heavy atom. The van der Waals surface area contributed by atoms with Crippen molar-refractivity contribution in [3.63, 3.8) is 0 Å². The summed E-state index contributed by atoms with van der Waals surface area (Å²) in [5, 5.41) is 6.67. The first-order valence-corrected chi connectivity index (χ1v) is 6.31. The number of allylic oxidation sites excluding steroid dienone is 1. The third kappa shape index (κ3) is 1.67. The number of hydrogen-bond donors (Lipinski definition) is 1. The van der Waals surface area contributed by atoms with E-state index in [9.17, 15) is 13.2 Å². The van der Waals surface area contributed by atoms with Gasteiger partial charge in [0.05, 0.1) is 0 Å². The Labute approximate surface area is 87.4 Å². The van der Waals surface area contributed by atoms with Crippen LogP contribution in [0.3, 0.4) is 0 Å². The fourth-order valence-electron chi connectivity index (χ4n) is 1.19. The number of nitrogens with two attached hydrogens (primary N) is 1. The molecule has 0 bridgehead atoms. The Morgan fingerprint density at radius 2 is 2.14 bits per heavy atom. The minimum atomic E-state index is -3.90.